The number of fused-ring (bicyclic) bond motifs is 2. The van der Waals surface area contributed by atoms with Crippen molar-refractivity contribution < 1.29 is 0 Å². The first-order chi connectivity index (χ1) is 9.85. The lowest BCUT2D eigenvalue weighted by Gasteiger charge is -2.35. The number of hydrogen-bond donors (Lipinski definition) is 1. The highest BCUT2D eigenvalue weighted by Crippen LogP contribution is 2.36. The van der Waals surface area contributed by atoms with Gasteiger partial charge in [0.2, 0.25) is 0 Å². The Balaban J connectivity index is 1.60. The highest BCUT2D eigenvalue weighted by molar-refractivity contribution is 7.96. The highest BCUT2D eigenvalue weighted by atomic mass is 32.2. The van der Waals surface area contributed by atoms with Crippen LogP contribution in [-0.2, 0) is 0 Å². The van der Waals surface area contributed by atoms with Crippen molar-refractivity contribution >= 4 is 28.8 Å². The number of piperidine rings is 1. The van der Waals surface area contributed by atoms with Gasteiger partial charge >= 0.3 is 0 Å². The number of H-pyrrole nitrogens is 1. The zero-order chi connectivity index (χ0) is 13.5. The van der Waals surface area contributed by atoms with E-state index in [-0.39, 0.29) is 0 Å². The third-order valence-electron chi connectivity index (χ3n) is 4.66. The van der Waals surface area contributed by atoms with Crippen molar-refractivity contribution in [3.8, 4) is 0 Å². The molecule has 1 N–H and O–H groups in total. The van der Waals surface area contributed by atoms with Crippen molar-refractivity contribution in [2.75, 3.05) is 37.3 Å². The SMILES string of the molecule is CSN1C[C@H]2CCN(c3ncnc4[nH]ccc34)C[C@H]2C1. The van der Waals surface area contributed by atoms with Gasteiger partial charge in [0, 0.05) is 32.4 Å². The summed E-state index contributed by atoms with van der Waals surface area (Å²) >= 11 is 1.88. The minimum Gasteiger partial charge on any atom is -0.356 e. The first-order valence-electron chi connectivity index (χ1n) is 7.17. The van der Waals surface area contributed by atoms with Gasteiger partial charge in [0.05, 0.1) is 5.39 Å². The van der Waals surface area contributed by atoms with E-state index in [9.17, 15) is 0 Å². The van der Waals surface area contributed by atoms with E-state index in [1.165, 1.54) is 19.5 Å². The molecule has 0 spiro atoms. The molecule has 0 unspecified atom stereocenters. The average Bonchev–Trinajstić information content (AvgIpc) is 3.11. The number of anilines is 1. The van der Waals surface area contributed by atoms with Gasteiger partial charge in [0.1, 0.15) is 17.8 Å². The van der Waals surface area contributed by atoms with E-state index in [1.54, 1.807) is 6.33 Å². The van der Waals surface area contributed by atoms with Gasteiger partial charge in [-0.3, -0.25) is 4.31 Å². The molecule has 4 heterocycles. The molecule has 2 saturated heterocycles. The molecule has 2 aliphatic heterocycles. The first-order valence-corrected chi connectivity index (χ1v) is 8.35. The molecular formula is C14H19N5S. The lowest BCUT2D eigenvalue weighted by Crippen LogP contribution is -2.40. The fourth-order valence-electron chi connectivity index (χ4n) is 3.58. The minimum absolute atomic E-state index is 0.778. The monoisotopic (exact) mass is 289 g/mol. The molecular weight excluding hydrogens is 270 g/mol. The van der Waals surface area contributed by atoms with Crippen molar-refractivity contribution in [2.24, 2.45) is 11.8 Å². The van der Waals surface area contributed by atoms with Crippen LogP contribution in [0.15, 0.2) is 18.6 Å². The summed E-state index contributed by atoms with van der Waals surface area (Å²) in [5.41, 5.74) is 0.939. The summed E-state index contributed by atoms with van der Waals surface area (Å²) in [7, 11) is 0. The van der Waals surface area contributed by atoms with E-state index < -0.39 is 0 Å². The third kappa shape index (κ3) is 1.98. The molecule has 2 aromatic heterocycles. The average molecular weight is 289 g/mol. The molecule has 0 amide bonds. The molecule has 0 saturated carbocycles. The molecule has 0 radical (unpaired) electrons. The molecule has 0 aromatic carbocycles. The van der Waals surface area contributed by atoms with Gasteiger partial charge in [-0.15, -0.1) is 0 Å². The maximum absolute atomic E-state index is 4.53. The van der Waals surface area contributed by atoms with Crippen LogP contribution in [0.3, 0.4) is 0 Å². The molecule has 6 heteroatoms. The van der Waals surface area contributed by atoms with Crippen LogP contribution in [-0.4, -0.2) is 51.7 Å². The van der Waals surface area contributed by atoms with Crippen molar-refractivity contribution in [2.45, 2.75) is 6.42 Å². The van der Waals surface area contributed by atoms with Gasteiger partial charge in [0.15, 0.2) is 0 Å². The van der Waals surface area contributed by atoms with Gasteiger partial charge < -0.3 is 9.88 Å². The molecule has 2 atom stereocenters. The number of rotatable bonds is 2. The predicted octanol–water partition coefficient (Wildman–Crippen LogP) is 1.99. The smallest absolute Gasteiger partial charge is 0.142 e. The fraction of sp³-hybridized carbons (Fsp3) is 0.571. The normalized spacial score (nSPS) is 27.1. The number of nitrogens with one attached hydrogen (secondary N) is 1. The van der Waals surface area contributed by atoms with Crippen LogP contribution in [0.5, 0.6) is 0 Å². The Morgan fingerprint density at radius 2 is 2.15 bits per heavy atom. The summed E-state index contributed by atoms with van der Waals surface area (Å²) in [6.07, 6.45) is 7.07. The van der Waals surface area contributed by atoms with Gasteiger partial charge in [0.25, 0.3) is 0 Å². The van der Waals surface area contributed by atoms with Crippen molar-refractivity contribution in [1.29, 1.82) is 0 Å². The third-order valence-corrected chi connectivity index (χ3v) is 5.47. The molecule has 0 aliphatic carbocycles. The van der Waals surface area contributed by atoms with Crippen LogP contribution in [0, 0.1) is 11.8 Å². The van der Waals surface area contributed by atoms with Crippen LogP contribution < -0.4 is 4.90 Å². The van der Waals surface area contributed by atoms with Crippen molar-refractivity contribution in [1.82, 2.24) is 19.3 Å². The standard InChI is InChI=1S/C14H19N5S/c1-20-19-7-10-3-5-18(6-11(10)8-19)14-12-2-4-15-13(12)16-9-17-14/h2,4,9-11H,3,5-8H2,1H3,(H,15,16,17)/t10-,11+/m1/s1. The quantitative estimate of drug-likeness (QED) is 0.857. The summed E-state index contributed by atoms with van der Waals surface area (Å²) in [6, 6.07) is 2.08. The molecule has 4 rings (SSSR count). The summed E-state index contributed by atoms with van der Waals surface area (Å²) < 4.78 is 2.50. The minimum atomic E-state index is 0.778. The van der Waals surface area contributed by atoms with E-state index in [4.69, 9.17) is 0 Å². The van der Waals surface area contributed by atoms with Gasteiger partial charge in [-0.2, -0.15) is 0 Å². The van der Waals surface area contributed by atoms with Crippen LogP contribution in [0.1, 0.15) is 6.42 Å². The summed E-state index contributed by atoms with van der Waals surface area (Å²) in [5.74, 6) is 2.74. The number of hydrogen-bond acceptors (Lipinski definition) is 5. The summed E-state index contributed by atoms with van der Waals surface area (Å²) in [5, 5.41) is 1.14. The molecule has 2 aliphatic rings. The molecule has 0 bridgehead atoms. The largest absolute Gasteiger partial charge is 0.356 e. The van der Waals surface area contributed by atoms with Crippen LogP contribution in [0.2, 0.25) is 0 Å². The van der Waals surface area contributed by atoms with E-state index >= 15 is 0 Å². The Morgan fingerprint density at radius 3 is 3.05 bits per heavy atom. The highest BCUT2D eigenvalue weighted by Gasteiger charge is 2.37. The second-order valence-corrected chi connectivity index (χ2v) is 6.60. The zero-order valence-corrected chi connectivity index (χ0v) is 12.4. The van der Waals surface area contributed by atoms with Crippen LogP contribution >= 0.6 is 11.9 Å². The predicted molar refractivity (Wildman–Crippen MR) is 82.8 cm³/mol. The maximum Gasteiger partial charge on any atom is 0.142 e. The molecule has 20 heavy (non-hydrogen) atoms. The molecule has 106 valence electrons. The fourth-order valence-corrected chi connectivity index (χ4v) is 4.26. The maximum atomic E-state index is 4.53. The second-order valence-electron chi connectivity index (χ2n) is 5.72. The van der Waals surface area contributed by atoms with Crippen molar-refractivity contribution in [3.63, 3.8) is 0 Å². The second kappa shape index (κ2) is 4.93. The van der Waals surface area contributed by atoms with E-state index in [0.717, 1.165) is 41.8 Å². The molecule has 2 aromatic rings. The van der Waals surface area contributed by atoms with Gasteiger partial charge in [-0.1, -0.05) is 11.9 Å². The Labute approximate surface area is 122 Å². The number of aromatic nitrogens is 3. The van der Waals surface area contributed by atoms with E-state index in [0.29, 0.717) is 0 Å². The first kappa shape index (κ1) is 12.5. The topological polar surface area (TPSA) is 48.1 Å². The zero-order valence-electron chi connectivity index (χ0n) is 11.6. The lowest BCUT2D eigenvalue weighted by molar-refractivity contribution is 0.348. The van der Waals surface area contributed by atoms with Gasteiger partial charge in [-0.25, -0.2) is 9.97 Å². The van der Waals surface area contributed by atoms with E-state index in [2.05, 4.69) is 36.5 Å². The van der Waals surface area contributed by atoms with Crippen molar-refractivity contribution in [3.05, 3.63) is 18.6 Å². The molecule has 5 nitrogen and oxygen atoms in total. The Hall–Kier alpha value is -1.27. The Bertz CT molecular complexity index is 612. The molecule has 2 fully saturated rings. The summed E-state index contributed by atoms with van der Waals surface area (Å²) in [4.78, 5) is 14.4. The number of aromatic amines is 1. The summed E-state index contributed by atoms with van der Waals surface area (Å²) in [6.45, 7) is 4.70. The Morgan fingerprint density at radius 1 is 1.25 bits per heavy atom. The number of nitrogens with zero attached hydrogens (tertiary/aromatic N) is 4. The Kier molecular flexibility index (Phi) is 3.07. The van der Waals surface area contributed by atoms with E-state index in [1.807, 2.05) is 18.1 Å². The van der Waals surface area contributed by atoms with Crippen LogP contribution in [0.4, 0.5) is 5.82 Å². The van der Waals surface area contributed by atoms with Gasteiger partial charge in [-0.05, 0) is 30.6 Å². The lowest BCUT2D eigenvalue weighted by atomic mass is 9.88. The van der Waals surface area contributed by atoms with Crippen LogP contribution in [0.25, 0.3) is 11.0 Å².